The molecule has 0 radical (unpaired) electrons. The molecule has 0 bridgehead atoms. The van der Waals surface area contributed by atoms with Crippen LogP contribution in [-0.2, 0) is 11.3 Å². The van der Waals surface area contributed by atoms with Crippen molar-refractivity contribution < 1.29 is 4.79 Å². The van der Waals surface area contributed by atoms with Crippen LogP contribution in [0.3, 0.4) is 0 Å². The molecule has 2 saturated heterocycles. The van der Waals surface area contributed by atoms with Crippen LogP contribution >= 0.6 is 0 Å². The lowest BCUT2D eigenvalue weighted by Gasteiger charge is -2.27. The Morgan fingerprint density at radius 2 is 1.80 bits per heavy atom. The minimum atomic E-state index is -0.0857. The Morgan fingerprint density at radius 3 is 2.63 bits per heavy atom. The number of carbonyl (C=O) groups excluding carboxylic acids is 1. The van der Waals surface area contributed by atoms with Crippen LogP contribution in [0.5, 0.6) is 0 Å². The number of nitrogens with zero attached hydrogens (tertiary/aromatic N) is 4. The molecule has 2 aliphatic heterocycles. The Hall–Kier alpha value is -2.99. The van der Waals surface area contributed by atoms with E-state index < -0.39 is 0 Å². The zero-order valence-electron chi connectivity index (χ0n) is 17.1. The molecule has 2 fully saturated rings. The Kier molecular flexibility index (Phi) is 4.87. The van der Waals surface area contributed by atoms with Crippen LogP contribution in [0.15, 0.2) is 65.7 Å². The van der Waals surface area contributed by atoms with E-state index in [1.807, 2.05) is 29.2 Å². The van der Waals surface area contributed by atoms with E-state index >= 15 is 0 Å². The summed E-state index contributed by atoms with van der Waals surface area (Å²) in [6, 6.07) is 18.3. The second-order valence-electron chi connectivity index (χ2n) is 8.53. The molecule has 3 atom stereocenters. The summed E-state index contributed by atoms with van der Waals surface area (Å²) < 4.78 is 1.55. The van der Waals surface area contributed by atoms with E-state index in [0.717, 1.165) is 19.6 Å². The van der Waals surface area contributed by atoms with Crippen molar-refractivity contribution in [3.63, 3.8) is 0 Å². The third-order valence-corrected chi connectivity index (χ3v) is 6.69. The largest absolute Gasteiger partial charge is 0.342 e. The number of likely N-dealkylation sites (tertiary alicyclic amines) is 2. The zero-order valence-corrected chi connectivity index (χ0v) is 17.1. The van der Waals surface area contributed by atoms with Gasteiger partial charge in [-0.3, -0.25) is 19.1 Å². The molecule has 30 heavy (non-hydrogen) atoms. The first-order valence-electron chi connectivity index (χ1n) is 10.6. The van der Waals surface area contributed by atoms with Crippen LogP contribution in [0.4, 0.5) is 0 Å². The summed E-state index contributed by atoms with van der Waals surface area (Å²) in [5, 5.41) is 0.594. The molecule has 6 nitrogen and oxygen atoms in total. The lowest BCUT2D eigenvalue weighted by atomic mass is 9.90. The number of fused-ring (bicyclic) bond motifs is 2. The maximum atomic E-state index is 12.9. The van der Waals surface area contributed by atoms with Gasteiger partial charge in [0.15, 0.2) is 0 Å². The van der Waals surface area contributed by atoms with Crippen LogP contribution in [0.1, 0.15) is 18.0 Å². The van der Waals surface area contributed by atoms with Crippen LogP contribution in [0.25, 0.3) is 10.9 Å². The van der Waals surface area contributed by atoms with Crippen molar-refractivity contribution in [2.75, 3.05) is 26.7 Å². The van der Waals surface area contributed by atoms with Gasteiger partial charge in [0.25, 0.3) is 5.56 Å². The first kappa shape index (κ1) is 19.0. The molecule has 0 spiro atoms. The van der Waals surface area contributed by atoms with Gasteiger partial charge in [0.1, 0.15) is 0 Å². The fourth-order valence-electron chi connectivity index (χ4n) is 5.25. The van der Waals surface area contributed by atoms with Crippen LogP contribution in [0.2, 0.25) is 0 Å². The fourth-order valence-corrected chi connectivity index (χ4v) is 5.25. The third-order valence-electron chi connectivity index (χ3n) is 6.69. The molecular weight excluding hydrogens is 376 g/mol. The monoisotopic (exact) mass is 402 g/mol. The van der Waals surface area contributed by atoms with E-state index in [1.165, 1.54) is 5.56 Å². The Balaban J connectivity index is 1.26. The van der Waals surface area contributed by atoms with E-state index in [2.05, 4.69) is 41.2 Å². The summed E-state index contributed by atoms with van der Waals surface area (Å²) in [5.41, 5.74) is 1.93. The van der Waals surface area contributed by atoms with Crippen molar-refractivity contribution in [3.8, 4) is 0 Å². The number of benzene rings is 2. The zero-order chi connectivity index (χ0) is 20.7. The lowest BCUT2D eigenvalue weighted by Crippen LogP contribution is -2.34. The van der Waals surface area contributed by atoms with Gasteiger partial charge in [0.05, 0.1) is 17.2 Å². The molecule has 0 saturated carbocycles. The lowest BCUT2D eigenvalue weighted by molar-refractivity contribution is -0.130. The predicted octanol–water partition coefficient (Wildman–Crippen LogP) is 2.55. The van der Waals surface area contributed by atoms with E-state index in [-0.39, 0.29) is 11.5 Å². The standard InChI is InChI=1S/C24H26N4O2/c1-26-13-18-14-28(15-20(18)23(26)17-7-3-2-4-8-17)22(29)11-12-27-16-25-21-10-6-5-9-19(21)24(27)30/h2-10,16,18,20,23H,11-15H2,1H3/t18-,20+,23-/m0/s1. The number of para-hydroxylation sites is 1. The summed E-state index contributed by atoms with van der Waals surface area (Å²) in [6.07, 6.45) is 1.88. The fraction of sp³-hybridized carbons (Fsp3) is 0.375. The van der Waals surface area contributed by atoms with Crippen molar-refractivity contribution in [1.82, 2.24) is 19.4 Å². The molecule has 0 unspecified atom stereocenters. The summed E-state index contributed by atoms with van der Waals surface area (Å²) in [4.78, 5) is 34.3. The molecule has 1 aromatic heterocycles. The normalized spacial score (nSPS) is 23.8. The SMILES string of the molecule is CN1C[C@H]2CN(C(=O)CCn3cnc4ccccc4c3=O)C[C@H]2[C@@H]1c1ccccc1. The Morgan fingerprint density at radius 1 is 1.03 bits per heavy atom. The van der Waals surface area contributed by atoms with Crippen molar-refractivity contribution >= 4 is 16.8 Å². The molecule has 6 heteroatoms. The number of aryl methyl sites for hydroxylation is 1. The summed E-state index contributed by atoms with van der Waals surface area (Å²) in [5.74, 6) is 1.10. The minimum absolute atomic E-state index is 0.0857. The first-order chi connectivity index (χ1) is 14.6. The minimum Gasteiger partial charge on any atom is -0.342 e. The van der Waals surface area contributed by atoms with Crippen molar-refractivity contribution in [3.05, 3.63) is 76.8 Å². The number of hydrogen-bond acceptors (Lipinski definition) is 4. The predicted molar refractivity (Wildman–Crippen MR) is 116 cm³/mol. The molecule has 154 valence electrons. The molecule has 0 aliphatic carbocycles. The second kappa shape index (κ2) is 7.69. The summed E-state index contributed by atoms with van der Waals surface area (Å²) in [6.45, 7) is 2.98. The Labute approximate surface area is 175 Å². The van der Waals surface area contributed by atoms with E-state index in [9.17, 15) is 9.59 Å². The van der Waals surface area contributed by atoms with Gasteiger partial charge in [-0.05, 0) is 30.7 Å². The average molecular weight is 402 g/mol. The van der Waals surface area contributed by atoms with Crippen LogP contribution < -0.4 is 5.56 Å². The van der Waals surface area contributed by atoms with Crippen LogP contribution in [0, 0.1) is 11.8 Å². The molecule has 3 heterocycles. The second-order valence-corrected chi connectivity index (χ2v) is 8.53. The van der Waals surface area contributed by atoms with Gasteiger partial charge in [0.2, 0.25) is 5.91 Å². The molecule has 5 rings (SSSR count). The summed E-state index contributed by atoms with van der Waals surface area (Å²) in [7, 11) is 2.18. The smallest absolute Gasteiger partial charge is 0.261 e. The van der Waals surface area contributed by atoms with Crippen molar-refractivity contribution in [1.29, 1.82) is 0 Å². The van der Waals surface area contributed by atoms with Gasteiger partial charge in [-0.2, -0.15) is 0 Å². The molecule has 2 aliphatic rings. The topological polar surface area (TPSA) is 58.4 Å². The van der Waals surface area contributed by atoms with E-state index in [0.29, 0.717) is 41.7 Å². The van der Waals surface area contributed by atoms with Gasteiger partial charge < -0.3 is 4.90 Å². The number of amides is 1. The van der Waals surface area contributed by atoms with Gasteiger partial charge in [0, 0.05) is 44.6 Å². The van der Waals surface area contributed by atoms with Gasteiger partial charge >= 0.3 is 0 Å². The highest BCUT2D eigenvalue weighted by Crippen LogP contribution is 2.44. The van der Waals surface area contributed by atoms with Crippen molar-refractivity contribution in [2.24, 2.45) is 11.8 Å². The number of rotatable bonds is 4. The maximum absolute atomic E-state index is 12.9. The average Bonchev–Trinajstić information content (AvgIpc) is 3.30. The number of hydrogen-bond donors (Lipinski definition) is 0. The first-order valence-corrected chi connectivity index (χ1v) is 10.6. The molecule has 1 amide bonds. The third kappa shape index (κ3) is 3.31. The van der Waals surface area contributed by atoms with E-state index in [4.69, 9.17) is 0 Å². The number of aromatic nitrogens is 2. The summed E-state index contributed by atoms with van der Waals surface area (Å²) >= 11 is 0. The van der Waals surface area contributed by atoms with Gasteiger partial charge in [-0.1, -0.05) is 42.5 Å². The van der Waals surface area contributed by atoms with Crippen molar-refractivity contribution in [2.45, 2.75) is 19.0 Å². The van der Waals surface area contributed by atoms with Crippen LogP contribution in [-0.4, -0.2) is 51.9 Å². The molecule has 2 aromatic carbocycles. The quantitative estimate of drug-likeness (QED) is 0.673. The van der Waals surface area contributed by atoms with Gasteiger partial charge in [-0.15, -0.1) is 0 Å². The maximum Gasteiger partial charge on any atom is 0.261 e. The Bertz CT molecular complexity index is 1130. The van der Waals surface area contributed by atoms with Gasteiger partial charge in [-0.25, -0.2) is 4.98 Å². The van der Waals surface area contributed by atoms with E-state index in [1.54, 1.807) is 17.0 Å². The number of carbonyl (C=O) groups is 1. The highest BCUT2D eigenvalue weighted by molar-refractivity contribution is 5.78. The highest BCUT2D eigenvalue weighted by Gasteiger charge is 2.46. The molecule has 0 N–H and O–H groups in total. The molecular formula is C24H26N4O2. The molecule has 3 aromatic rings. The highest BCUT2D eigenvalue weighted by atomic mass is 16.2.